The lowest BCUT2D eigenvalue weighted by Crippen LogP contribution is -2.26. The van der Waals surface area contributed by atoms with Gasteiger partial charge in [-0.2, -0.15) is 0 Å². The lowest BCUT2D eigenvalue weighted by Gasteiger charge is -2.13. The zero-order valence-corrected chi connectivity index (χ0v) is 10.7. The molecule has 1 aromatic heterocycles. The van der Waals surface area contributed by atoms with Crippen molar-refractivity contribution < 1.29 is 14.4 Å². The molecule has 2 heterocycles. The molecule has 2 atom stereocenters. The highest BCUT2D eigenvalue weighted by Gasteiger charge is 2.33. The molecular formula is C13H20N2O3. The Labute approximate surface area is 107 Å². The van der Waals surface area contributed by atoms with E-state index < -0.39 is 0 Å². The smallest absolute Gasteiger partial charge is 0.140 e. The van der Waals surface area contributed by atoms with E-state index in [0.717, 1.165) is 24.5 Å². The first kappa shape index (κ1) is 12.1. The largest absolute Gasteiger partial charge is 0.389 e. The third kappa shape index (κ3) is 2.58. The van der Waals surface area contributed by atoms with Crippen LogP contribution in [-0.4, -0.2) is 47.1 Å². The summed E-state index contributed by atoms with van der Waals surface area (Å²) in [6.07, 6.45) is 2.00. The summed E-state index contributed by atoms with van der Waals surface area (Å²) in [4.78, 5) is 2.17. The number of nitrogens with zero attached hydrogens (tertiary/aromatic N) is 2. The quantitative estimate of drug-likeness (QED) is 0.851. The van der Waals surface area contributed by atoms with Crippen LogP contribution >= 0.6 is 0 Å². The lowest BCUT2D eigenvalue weighted by molar-refractivity contribution is -0.00245. The Bertz CT molecular complexity index is 403. The van der Waals surface area contributed by atoms with Crippen molar-refractivity contribution in [1.82, 2.24) is 10.1 Å². The molecule has 0 unspecified atom stereocenters. The molecular weight excluding hydrogens is 232 g/mol. The average Bonchev–Trinajstić information content (AvgIpc) is 3.00. The molecule has 0 amide bonds. The normalized spacial score (nSPS) is 29.0. The Morgan fingerprint density at radius 3 is 3.06 bits per heavy atom. The molecule has 18 heavy (non-hydrogen) atoms. The molecule has 100 valence electrons. The van der Waals surface area contributed by atoms with Crippen molar-refractivity contribution in [3.63, 3.8) is 0 Å². The Hall–Kier alpha value is -0.910. The molecule has 2 aliphatic rings. The minimum absolute atomic E-state index is 0.0650. The molecule has 1 aromatic rings. The topological polar surface area (TPSA) is 58.7 Å². The maximum atomic E-state index is 9.86. The maximum Gasteiger partial charge on any atom is 0.140 e. The Balaban J connectivity index is 1.56. The lowest BCUT2D eigenvalue weighted by atomic mass is 10.3. The fourth-order valence-corrected chi connectivity index (χ4v) is 2.53. The highest BCUT2D eigenvalue weighted by molar-refractivity contribution is 5.14. The summed E-state index contributed by atoms with van der Waals surface area (Å²) in [7, 11) is 0. The van der Waals surface area contributed by atoms with Crippen LogP contribution < -0.4 is 0 Å². The van der Waals surface area contributed by atoms with Gasteiger partial charge in [-0.1, -0.05) is 5.16 Å². The second-order valence-corrected chi connectivity index (χ2v) is 5.25. The molecule has 1 saturated carbocycles. The Kier molecular flexibility index (Phi) is 3.37. The first-order valence-electron chi connectivity index (χ1n) is 6.73. The van der Waals surface area contributed by atoms with E-state index >= 15 is 0 Å². The Morgan fingerprint density at radius 1 is 1.50 bits per heavy atom. The van der Waals surface area contributed by atoms with Gasteiger partial charge < -0.3 is 14.4 Å². The van der Waals surface area contributed by atoms with Crippen LogP contribution in [0.2, 0.25) is 0 Å². The van der Waals surface area contributed by atoms with E-state index in [9.17, 15) is 5.11 Å². The third-order valence-electron chi connectivity index (χ3n) is 3.64. The second-order valence-electron chi connectivity index (χ2n) is 5.25. The van der Waals surface area contributed by atoms with Crippen LogP contribution in [0, 0.1) is 0 Å². The zero-order chi connectivity index (χ0) is 12.5. The van der Waals surface area contributed by atoms with E-state index in [1.807, 2.05) is 6.92 Å². The molecule has 1 aliphatic heterocycles. The number of hydrogen-bond acceptors (Lipinski definition) is 5. The van der Waals surface area contributed by atoms with Crippen molar-refractivity contribution in [2.45, 2.75) is 44.4 Å². The van der Waals surface area contributed by atoms with Crippen molar-refractivity contribution in [2.24, 2.45) is 0 Å². The van der Waals surface area contributed by atoms with Gasteiger partial charge in [0.05, 0.1) is 17.9 Å². The number of likely N-dealkylation sites (tertiary alicyclic amines) is 1. The van der Waals surface area contributed by atoms with E-state index in [0.29, 0.717) is 19.1 Å². The number of ether oxygens (including phenoxy) is 1. The Morgan fingerprint density at radius 2 is 2.33 bits per heavy atom. The van der Waals surface area contributed by atoms with Gasteiger partial charge in [0.1, 0.15) is 5.76 Å². The van der Waals surface area contributed by atoms with Gasteiger partial charge in [0, 0.05) is 38.2 Å². The third-order valence-corrected chi connectivity index (χ3v) is 3.64. The van der Waals surface area contributed by atoms with Crippen LogP contribution in [0.15, 0.2) is 10.6 Å². The first-order chi connectivity index (χ1) is 8.76. The maximum absolute atomic E-state index is 9.86. The minimum Gasteiger partial charge on any atom is -0.389 e. The number of rotatable bonds is 5. The van der Waals surface area contributed by atoms with Crippen molar-refractivity contribution in [2.75, 3.05) is 19.7 Å². The number of aromatic nitrogens is 1. The summed E-state index contributed by atoms with van der Waals surface area (Å²) >= 11 is 0. The number of aliphatic hydroxyl groups excluding tert-OH is 1. The number of aliphatic hydroxyl groups is 1. The molecule has 0 spiro atoms. The first-order valence-corrected chi connectivity index (χ1v) is 6.73. The molecule has 3 rings (SSSR count). The van der Waals surface area contributed by atoms with Gasteiger partial charge in [-0.15, -0.1) is 0 Å². The average molecular weight is 252 g/mol. The van der Waals surface area contributed by atoms with Crippen LogP contribution in [0.3, 0.4) is 0 Å². The van der Waals surface area contributed by atoms with Crippen molar-refractivity contribution >= 4 is 0 Å². The molecule has 0 aromatic carbocycles. The number of hydrogen-bond donors (Lipinski definition) is 1. The predicted octanol–water partition coefficient (Wildman–Crippen LogP) is 1.13. The van der Waals surface area contributed by atoms with E-state index in [1.54, 1.807) is 0 Å². The fourth-order valence-electron chi connectivity index (χ4n) is 2.53. The van der Waals surface area contributed by atoms with Gasteiger partial charge in [-0.05, 0) is 19.8 Å². The van der Waals surface area contributed by atoms with Crippen LogP contribution in [0.25, 0.3) is 0 Å². The SMILES string of the molecule is CCO[C@H]1CN(Cc2cc(C3CC3)on2)C[C@@H]1O. The van der Waals surface area contributed by atoms with Crippen LogP contribution in [0.4, 0.5) is 0 Å². The minimum atomic E-state index is -0.389. The van der Waals surface area contributed by atoms with E-state index in [-0.39, 0.29) is 12.2 Å². The zero-order valence-electron chi connectivity index (χ0n) is 10.7. The van der Waals surface area contributed by atoms with Crippen molar-refractivity contribution in [1.29, 1.82) is 0 Å². The second kappa shape index (κ2) is 4.99. The molecule has 1 saturated heterocycles. The van der Waals surface area contributed by atoms with Gasteiger partial charge in [0.2, 0.25) is 0 Å². The summed E-state index contributed by atoms with van der Waals surface area (Å²) in [6, 6.07) is 2.05. The summed E-state index contributed by atoms with van der Waals surface area (Å²) < 4.78 is 10.8. The molecule has 1 N–H and O–H groups in total. The van der Waals surface area contributed by atoms with Crippen LogP contribution in [0.1, 0.15) is 37.1 Å². The highest BCUT2D eigenvalue weighted by Crippen LogP contribution is 2.40. The predicted molar refractivity (Wildman–Crippen MR) is 65.2 cm³/mol. The van der Waals surface area contributed by atoms with Crippen molar-refractivity contribution in [3.8, 4) is 0 Å². The van der Waals surface area contributed by atoms with Crippen LogP contribution in [0.5, 0.6) is 0 Å². The fraction of sp³-hybridized carbons (Fsp3) is 0.769. The molecule has 0 bridgehead atoms. The molecule has 1 aliphatic carbocycles. The summed E-state index contributed by atoms with van der Waals surface area (Å²) in [5.41, 5.74) is 0.959. The van der Waals surface area contributed by atoms with E-state index in [2.05, 4.69) is 16.1 Å². The van der Waals surface area contributed by atoms with Crippen molar-refractivity contribution in [3.05, 3.63) is 17.5 Å². The van der Waals surface area contributed by atoms with Gasteiger partial charge in [-0.3, -0.25) is 4.90 Å². The summed E-state index contributed by atoms with van der Waals surface area (Å²) in [5, 5.41) is 14.0. The van der Waals surface area contributed by atoms with Gasteiger partial charge in [-0.25, -0.2) is 0 Å². The van der Waals surface area contributed by atoms with Gasteiger partial charge in [0.25, 0.3) is 0 Å². The standard InChI is InChI=1S/C13H20N2O3/c1-2-17-13-8-15(7-11(13)16)6-10-5-12(18-14-10)9-3-4-9/h5,9,11,13,16H,2-4,6-8H2,1H3/t11-,13-/m0/s1. The highest BCUT2D eigenvalue weighted by atomic mass is 16.5. The molecule has 5 nitrogen and oxygen atoms in total. The van der Waals surface area contributed by atoms with Crippen LogP contribution in [-0.2, 0) is 11.3 Å². The monoisotopic (exact) mass is 252 g/mol. The molecule has 0 radical (unpaired) electrons. The van der Waals surface area contributed by atoms with E-state index in [4.69, 9.17) is 9.26 Å². The molecule has 2 fully saturated rings. The molecule has 5 heteroatoms. The van der Waals surface area contributed by atoms with Gasteiger partial charge in [0.15, 0.2) is 0 Å². The number of β-amino-alcohol motifs (C(OH)–C–C–N with tert-alkyl or cyclic N) is 1. The van der Waals surface area contributed by atoms with E-state index in [1.165, 1.54) is 12.8 Å². The summed E-state index contributed by atoms with van der Waals surface area (Å²) in [6.45, 7) is 4.74. The summed E-state index contributed by atoms with van der Waals surface area (Å²) in [5.74, 6) is 1.62. The van der Waals surface area contributed by atoms with Gasteiger partial charge >= 0.3 is 0 Å².